The molecule has 6 atom stereocenters. The maximum Gasteiger partial charge on any atom is 0.308 e. The molecule has 2 aliphatic rings. The molecule has 0 unspecified atom stereocenters. The first-order valence-corrected chi connectivity index (χ1v) is 19.2. The molecule has 15 heteroatoms. The van der Waals surface area contributed by atoms with Gasteiger partial charge < -0.3 is 25.0 Å². The number of likely N-dealkylation sites (tertiary alicyclic amines) is 1. The molecule has 1 aliphatic carbocycles. The maximum atomic E-state index is 14.0. The van der Waals surface area contributed by atoms with E-state index in [-0.39, 0.29) is 53.8 Å². The summed E-state index contributed by atoms with van der Waals surface area (Å²) in [7, 11) is 5.03. The Hall–Kier alpha value is -3.43. The van der Waals surface area contributed by atoms with Crippen molar-refractivity contribution in [2.24, 2.45) is 17.8 Å². The van der Waals surface area contributed by atoms with Crippen LogP contribution >= 0.6 is 22.7 Å². The predicted octanol–water partition coefficient (Wildman–Crippen LogP) is 4.00. The van der Waals surface area contributed by atoms with E-state index in [1.54, 1.807) is 30.4 Å². The molecule has 2 aromatic rings. The topological polar surface area (TPSA) is 160 Å². The summed E-state index contributed by atoms with van der Waals surface area (Å²) in [6.07, 6.45) is 6.50. The highest BCUT2D eigenvalue weighted by Crippen LogP contribution is 2.36. The second kappa shape index (κ2) is 18.2. The van der Waals surface area contributed by atoms with Crippen LogP contribution in [0, 0.1) is 17.8 Å². The highest BCUT2D eigenvalue weighted by Gasteiger charge is 2.42. The number of esters is 2. The molecular formula is C35H52N6O7S2. The molecule has 2 aromatic heterocycles. The summed E-state index contributed by atoms with van der Waals surface area (Å²) in [6.45, 7) is 7.93. The molecule has 2 fully saturated rings. The zero-order chi connectivity index (χ0) is 36.5. The van der Waals surface area contributed by atoms with Crippen LogP contribution in [0.25, 0.3) is 0 Å². The smallest absolute Gasteiger partial charge is 0.308 e. The fraction of sp³-hybridized carbons (Fsp3) is 0.686. The van der Waals surface area contributed by atoms with Crippen LogP contribution in [0.4, 0.5) is 0 Å². The summed E-state index contributed by atoms with van der Waals surface area (Å²) < 4.78 is 10.7. The molecule has 1 saturated heterocycles. The molecule has 276 valence electrons. The Morgan fingerprint density at radius 2 is 1.80 bits per heavy atom. The van der Waals surface area contributed by atoms with Gasteiger partial charge >= 0.3 is 11.9 Å². The lowest BCUT2D eigenvalue weighted by atomic mass is 9.95. The van der Waals surface area contributed by atoms with E-state index >= 15 is 0 Å². The second-order valence-electron chi connectivity index (χ2n) is 13.9. The van der Waals surface area contributed by atoms with Crippen molar-refractivity contribution in [2.45, 2.75) is 109 Å². The molecule has 1 saturated carbocycles. The number of thiazole rings is 2. The lowest BCUT2D eigenvalue weighted by Gasteiger charge is -2.37. The Bertz CT molecular complexity index is 1460. The predicted molar refractivity (Wildman–Crippen MR) is 190 cm³/mol. The number of amides is 3. The van der Waals surface area contributed by atoms with Crippen LogP contribution in [0.5, 0.6) is 0 Å². The van der Waals surface area contributed by atoms with Crippen molar-refractivity contribution in [3.05, 3.63) is 32.7 Å². The van der Waals surface area contributed by atoms with Crippen LogP contribution < -0.4 is 10.6 Å². The van der Waals surface area contributed by atoms with Crippen molar-refractivity contribution < 1.29 is 33.4 Å². The molecule has 13 nitrogen and oxygen atoms in total. The van der Waals surface area contributed by atoms with Gasteiger partial charge in [-0.1, -0.05) is 27.2 Å². The molecule has 0 radical (unpaired) electrons. The summed E-state index contributed by atoms with van der Waals surface area (Å²) in [6, 6.07) is -1.62. The number of hydrogen-bond acceptors (Lipinski definition) is 12. The van der Waals surface area contributed by atoms with E-state index in [2.05, 4.69) is 25.5 Å². The van der Waals surface area contributed by atoms with E-state index in [1.807, 2.05) is 26.3 Å². The van der Waals surface area contributed by atoms with E-state index in [0.717, 1.165) is 43.7 Å². The van der Waals surface area contributed by atoms with Crippen molar-refractivity contribution in [3.8, 4) is 0 Å². The lowest BCUT2D eigenvalue weighted by molar-refractivity contribution is -0.149. The number of carbonyl (C=O) groups excluding carboxylic acids is 5. The third-order valence-electron chi connectivity index (χ3n) is 9.62. The highest BCUT2D eigenvalue weighted by atomic mass is 32.1. The average Bonchev–Trinajstić information content (AvgIpc) is 3.55. The number of rotatable bonds is 17. The number of carbonyl (C=O) groups is 5. The van der Waals surface area contributed by atoms with Gasteiger partial charge in [-0.3, -0.25) is 28.9 Å². The molecule has 2 N–H and O–H groups in total. The van der Waals surface area contributed by atoms with E-state index in [0.29, 0.717) is 17.8 Å². The van der Waals surface area contributed by atoms with E-state index in [4.69, 9.17) is 9.47 Å². The normalized spacial score (nSPS) is 19.5. The zero-order valence-corrected chi connectivity index (χ0v) is 31.8. The minimum Gasteiger partial charge on any atom is -0.469 e. The number of methoxy groups -OCH3 is 1. The Balaban J connectivity index is 1.48. The van der Waals surface area contributed by atoms with Crippen LogP contribution in [0.15, 0.2) is 17.0 Å². The summed E-state index contributed by atoms with van der Waals surface area (Å²) >= 11 is 2.67. The van der Waals surface area contributed by atoms with E-state index in [9.17, 15) is 24.0 Å². The van der Waals surface area contributed by atoms with Crippen LogP contribution in [0.2, 0.25) is 0 Å². The molecule has 3 amide bonds. The first kappa shape index (κ1) is 39.4. The zero-order valence-electron chi connectivity index (χ0n) is 30.2. The molecule has 0 spiro atoms. The number of nitrogens with one attached hydrogen (secondary N) is 2. The van der Waals surface area contributed by atoms with E-state index < -0.39 is 36.0 Å². The van der Waals surface area contributed by atoms with Gasteiger partial charge in [-0.2, -0.15) is 0 Å². The van der Waals surface area contributed by atoms with E-state index in [1.165, 1.54) is 36.7 Å². The molecule has 0 aromatic carbocycles. The molecule has 3 heterocycles. The monoisotopic (exact) mass is 732 g/mol. The van der Waals surface area contributed by atoms with Crippen LogP contribution in [0.3, 0.4) is 0 Å². The van der Waals surface area contributed by atoms with Gasteiger partial charge in [0.1, 0.15) is 16.7 Å². The summed E-state index contributed by atoms with van der Waals surface area (Å²) in [5.41, 5.74) is 0.159. The van der Waals surface area contributed by atoms with Gasteiger partial charge in [-0.15, -0.1) is 22.7 Å². The quantitative estimate of drug-likeness (QED) is 0.228. The SMILES string of the molecule is COC(=O)[C@@H](C)C[C@H](Cc1nccs1)NC(=O)c1csc([C@@H](C[C@H](C(C)C)N(C)C(=O)[C@@H](NC(=O)[C@H]2CCCCN2C)C2CC2)OC(C)=O)n1. The summed E-state index contributed by atoms with van der Waals surface area (Å²) in [5, 5.41) is 10.8. The van der Waals surface area contributed by atoms with Crippen LogP contribution in [-0.4, -0.2) is 101 Å². The van der Waals surface area contributed by atoms with Crippen molar-refractivity contribution in [1.29, 1.82) is 0 Å². The number of likely N-dealkylation sites (N-methyl/N-ethyl adjacent to an activating group) is 2. The standard InChI is InChI=1S/C35H52N6O7S2/c1-20(2)27(41(6)34(45)30(23-11-12-23)39-32(44)26-10-8-9-14-40(26)5)18-28(48-22(4)42)33-38-25(19-50-33)31(43)37-24(16-21(3)35(46)47-7)17-29-36-13-15-49-29/h13,15,19-21,23-24,26-28,30H,8-12,14,16-18H2,1-7H3,(H,37,43)(H,39,44)/t21-,24+,26+,27+,28+,30-/m0/s1. The first-order chi connectivity index (χ1) is 23.8. The summed E-state index contributed by atoms with van der Waals surface area (Å²) in [5.74, 6) is -1.94. The van der Waals surface area contributed by atoms with Crippen molar-refractivity contribution in [3.63, 3.8) is 0 Å². The molecule has 4 rings (SSSR count). The van der Waals surface area contributed by atoms with Gasteiger partial charge in [-0.25, -0.2) is 9.97 Å². The van der Waals surface area contributed by atoms with Gasteiger partial charge in [0.25, 0.3) is 5.91 Å². The number of piperidine rings is 1. The van der Waals surface area contributed by atoms with Gasteiger partial charge in [0.15, 0.2) is 6.10 Å². The Morgan fingerprint density at radius 3 is 2.40 bits per heavy atom. The van der Waals surface area contributed by atoms with Crippen molar-refractivity contribution in [2.75, 3.05) is 27.7 Å². The third-order valence-corrected chi connectivity index (χ3v) is 11.4. The summed E-state index contributed by atoms with van der Waals surface area (Å²) in [4.78, 5) is 78.0. The Labute approximate surface area is 302 Å². The Kier molecular flexibility index (Phi) is 14.3. The van der Waals surface area contributed by atoms with Gasteiger partial charge in [0, 0.05) is 55.9 Å². The number of ether oxygens (including phenoxy) is 2. The molecule has 50 heavy (non-hydrogen) atoms. The molecule has 0 bridgehead atoms. The fourth-order valence-corrected chi connectivity index (χ4v) is 8.16. The fourth-order valence-electron chi connectivity index (χ4n) is 6.63. The molecule has 1 aliphatic heterocycles. The largest absolute Gasteiger partial charge is 0.469 e. The van der Waals surface area contributed by atoms with Gasteiger partial charge in [0.2, 0.25) is 11.8 Å². The van der Waals surface area contributed by atoms with Crippen LogP contribution in [0.1, 0.15) is 99.2 Å². The minimum atomic E-state index is -0.808. The highest BCUT2D eigenvalue weighted by molar-refractivity contribution is 7.10. The van der Waals surface area contributed by atoms with Crippen LogP contribution in [-0.2, 0) is 35.1 Å². The third kappa shape index (κ3) is 10.8. The van der Waals surface area contributed by atoms with Crippen molar-refractivity contribution in [1.82, 2.24) is 30.4 Å². The lowest BCUT2D eigenvalue weighted by Crippen LogP contribution is -2.56. The maximum absolute atomic E-state index is 14.0. The second-order valence-corrected chi connectivity index (χ2v) is 15.8. The number of aromatic nitrogens is 2. The molecular weight excluding hydrogens is 681 g/mol. The van der Waals surface area contributed by atoms with Gasteiger partial charge in [-0.05, 0) is 57.5 Å². The Morgan fingerprint density at radius 1 is 1.06 bits per heavy atom. The van der Waals surface area contributed by atoms with Gasteiger partial charge in [0.05, 0.1) is 24.1 Å². The first-order valence-electron chi connectivity index (χ1n) is 17.5. The number of hydrogen-bond donors (Lipinski definition) is 2. The van der Waals surface area contributed by atoms with Crippen molar-refractivity contribution >= 4 is 52.3 Å². The number of nitrogens with zero attached hydrogens (tertiary/aromatic N) is 4. The minimum absolute atomic E-state index is 0.0202. The average molecular weight is 733 g/mol.